The van der Waals surface area contributed by atoms with Crippen molar-refractivity contribution in [2.75, 3.05) is 20.2 Å². The summed E-state index contributed by atoms with van der Waals surface area (Å²) in [6.07, 6.45) is 1.80. The van der Waals surface area contributed by atoms with Crippen LogP contribution < -0.4 is 4.74 Å². The van der Waals surface area contributed by atoms with Gasteiger partial charge < -0.3 is 9.64 Å². The van der Waals surface area contributed by atoms with Crippen LogP contribution in [0.4, 0.5) is 0 Å². The number of para-hydroxylation sites is 1. The third-order valence-electron chi connectivity index (χ3n) is 3.49. The van der Waals surface area contributed by atoms with Crippen molar-refractivity contribution in [3.63, 3.8) is 0 Å². The zero-order valence-corrected chi connectivity index (χ0v) is 12.5. The Hall–Kier alpha value is -1.51. The molecule has 0 N–H and O–H groups in total. The van der Waals surface area contributed by atoms with Gasteiger partial charge in [0.1, 0.15) is 12.4 Å². The van der Waals surface area contributed by atoms with E-state index < -0.39 is 0 Å². The highest BCUT2D eigenvalue weighted by Gasteiger charge is 2.18. The SMILES string of the molecule is CCC(CC)C(=O)N(C)CCOc1ccccc1C. The second kappa shape index (κ2) is 7.82. The minimum atomic E-state index is 0.142. The van der Waals surface area contributed by atoms with E-state index in [4.69, 9.17) is 4.74 Å². The Morgan fingerprint density at radius 3 is 2.47 bits per heavy atom. The lowest BCUT2D eigenvalue weighted by Crippen LogP contribution is -2.35. The lowest BCUT2D eigenvalue weighted by atomic mass is 10.0. The van der Waals surface area contributed by atoms with E-state index in [-0.39, 0.29) is 11.8 Å². The molecule has 1 rings (SSSR count). The third kappa shape index (κ3) is 4.58. The molecular formula is C16H25NO2. The fourth-order valence-corrected chi connectivity index (χ4v) is 2.07. The molecule has 0 fully saturated rings. The zero-order valence-electron chi connectivity index (χ0n) is 12.5. The highest BCUT2D eigenvalue weighted by molar-refractivity contribution is 5.78. The summed E-state index contributed by atoms with van der Waals surface area (Å²) in [6.45, 7) is 7.30. The van der Waals surface area contributed by atoms with Crippen LogP contribution in [0.25, 0.3) is 0 Å². The van der Waals surface area contributed by atoms with E-state index in [1.54, 1.807) is 4.90 Å². The van der Waals surface area contributed by atoms with E-state index in [0.29, 0.717) is 13.2 Å². The summed E-state index contributed by atoms with van der Waals surface area (Å²) < 4.78 is 5.71. The fraction of sp³-hybridized carbons (Fsp3) is 0.562. The Bertz CT molecular complexity index is 399. The van der Waals surface area contributed by atoms with E-state index in [2.05, 4.69) is 13.8 Å². The first-order chi connectivity index (χ1) is 9.10. The van der Waals surface area contributed by atoms with Crippen LogP contribution in [0, 0.1) is 12.8 Å². The van der Waals surface area contributed by atoms with Gasteiger partial charge in [0.15, 0.2) is 0 Å². The topological polar surface area (TPSA) is 29.5 Å². The number of benzene rings is 1. The van der Waals surface area contributed by atoms with Crippen molar-refractivity contribution >= 4 is 5.91 Å². The van der Waals surface area contributed by atoms with E-state index in [1.807, 2.05) is 38.2 Å². The molecule has 0 bridgehead atoms. The molecule has 0 aliphatic rings. The predicted molar refractivity (Wildman–Crippen MR) is 78.4 cm³/mol. The number of nitrogens with zero attached hydrogens (tertiary/aromatic N) is 1. The van der Waals surface area contributed by atoms with Crippen molar-refractivity contribution in [1.82, 2.24) is 4.90 Å². The highest BCUT2D eigenvalue weighted by atomic mass is 16.5. The molecule has 0 radical (unpaired) electrons. The van der Waals surface area contributed by atoms with Crippen LogP contribution in [0.5, 0.6) is 5.75 Å². The summed E-state index contributed by atoms with van der Waals surface area (Å²) >= 11 is 0. The first-order valence-corrected chi connectivity index (χ1v) is 7.03. The molecule has 0 atom stereocenters. The van der Waals surface area contributed by atoms with Crippen LogP contribution in [-0.2, 0) is 4.79 Å². The van der Waals surface area contributed by atoms with Crippen molar-refractivity contribution < 1.29 is 9.53 Å². The van der Waals surface area contributed by atoms with Gasteiger partial charge in [0.25, 0.3) is 0 Å². The summed E-state index contributed by atoms with van der Waals surface area (Å²) in [7, 11) is 1.85. The highest BCUT2D eigenvalue weighted by Crippen LogP contribution is 2.16. The van der Waals surface area contributed by atoms with Crippen molar-refractivity contribution in [1.29, 1.82) is 0 Å². The number of aryl methyl sites for hydroxylation is 1. The number of hydrogen-bond acceptors (Lipinski definition) is 2. The molecule has 0 spiro atoms. The molecule has 0 aliphatic heterocycles. The average Bonchev–Trinajstić information content (AvgIpc) is 2.42. The Morgan fingerprint density at radius 2 is 1.89 bits per heavy atom. The number of amides is 1. The lowest BCUT2D eigenvalue weighted by Gasteiger charge is -2.22. The Balaban J connectivity index is 2.41. The molecule has 0 heterocycles. The van der Waals surface area contributed by atoms with Gasteiger partial charge in [-0.05, 0) is 31.4 Å². The molecule has 0 saturated heterocycles. The van der Waals surface area contributed by atoms with E-state index in [1.165, 1.54) is 0 Å². The predicted octanol–water partition coefficient (Wildman–Crippen LogP) is 3.27. The van der Waals surface area contributed by atoms with Gasteiger partial charge >= 0.3 is 0 Å². The molecule has 3 heteroatoms. The molecule has 0 aliphatic carbocycles. The minimum Gasteiger partial charge on any atom is -0.491 e. The van der Waals surface area contributed by atoms with E-state index >= 15 is 0 Å². The van der Waals surface area contributed by atoms with Gasteiger partial charge in [-0.15, -0.1) is 0 Å². The number of carbonyl (C=O) groups is 1. The molecule has 19 heavy (non-hydrogen) atoms. The third-order valence-corrected chi connectivity index (χ3v) is 3.49. The largest absolute Gasteiger partial charge is 0.491 e. The van der Waals surface area contributed by atoms with Crippen LogP contribution in [0.2, 0.25) is 0 Å². The number of likely N-dealkylation sites (N-methyl/N-ethyl adjacent to an activating group) is 1. The van der Waals surface area contributed by atoms with Gasteiger partial charge in [0, 0.05) is 13.0 Å². The minimum absolute atomic E-state index is 0.142. The summed E-state index contributed by atoms with van der Waals surface area (Å²) in [5.41, 5.74) is 1.12. The number of ether oxygens (including phenoxy) is 1. The first kappa shape index (κ1) is 15.5. The Morgan fingerprint density at radius 1 is 1.26 bits per heavy atom. The van der Waals surface area contributed by atoms with Crippen molar-refractivity contribution in [3.8, 4) is 5.75 Å². The van der Waals surface area contributed by atoms with Gasteiger partial charge in [-0.1, -0.05) is 32.0 Å². The molecule has 3 nitrogen and oxygen atoms in total. The fourth-order valence-electron chi connectivity index (χ4n) is 2.07. The van der Waals surface area contributed by atoms with Gasteiger partial charge in [-0.3, -0.25) is 4.79 Å². The molecule has 0 aromatic heterocycles. The van der Waals surface area contributed by atoms with Crippen LogP contribution >= 0.6 is 0 Å². The van der Waals surface area contributed by atoms with Gasteiger partial charge in [-0.2, -0.15) is 0 Å². The van der Waals surface area contributed by atoms with E-state index in [0.717, 1.165) is 24.2 Å². The molecule has 1 aromatic carbocycles. The summed E-state index contributed by atoms with van der Waals surface area (Å²) in [5, 5.41) is 0. The molecule has 0 saturated carbocycles. The Kier molecular flexibility index (Phi) is 6.40. The summed E-state index contributed by atoms with van der Waals surface area (Å²) in [5.74, 6) is 1.26. The van der Waals surface area contributed by atoms with Crippen LogP contribution in [-0.4, -0.2) is 31.0 Å². The molecular weight excluding hydrogens is 238 g/mol. The molecule has 0 unspecified atom stereocenters. The number of rotatable bonds is 7. The van der Waals surface area contributed by atoms with Crippen molar-refractivity contribution in [2.24, 2.45) is 5.92 Å². The first-order valence-electron chi connectivity index (χ1n) is 7.03. The lowest BCUT2D eigenvalue weighted by molar-refractivity contribution is -0.134. The van der Waals surface area contributed by atoms with Crippen molar-refractivity contribution in [3.05, 3.63) is 29.8 Å². The standard InChI is InChI=1S/C16H25NO2/c1-5-14(6-2)16(18)17(4)11-12-19-15-10-8-7-9-13(15)3/h7-10,14H,5-6,11-12H2,1-4H3. The second-order valence-corrected chi connectivity index (χ2v) is 4.89. The van der Waals surface area contributed by atoms with Crippen LogP contribution in [0.3, 0.4) is 0 Å². The monoisotopic (exact) mass is 263 g/mol. The normalized spacial score (nSPS) is 10.6. The van der Waals surface area contributed by atoms with Crippen LogP contribution in [0.15, 0.2) is 24.3 Å². The number of hydrogen-bond donors (Lipinski definition) is 0. The maximum Gasteiger partial charge on any atom is 0.225 e. The Labute approximate surface area is 116 Å². The van der Waals surface area contributed by atoms with Gasteiger partial charge in [-0.25, -0.2) is 0 Å². The molecule has 1 aromatic rings. The summed E-state index contributed by atoms with van der Waals surface area (Å²) in [6, 6.07) is 7.93. The number of carbonyl (C=O) groups excluding carboxylic acids is 1. The molecule has 106 valence electrons. The van der Waals surface area contributed by atoms with E-state index in [9.17, 15) is 4.79 Å². The van der Waals surface area contributed by atoms with Crippen LogP contribution in [0.1, 0.15) is 32.3 Å². The second-order valence-electron chi connectivity index (χ2n) is 4.89. The zero-order chi connectivity index (χ0) is 14.3. The quantitative estimate of drug-likeness (QED) is 0.755. The van der Waals surface area contributed by atoms with Crippen molar-refractivity contribution in [2.45, 2.75) is 33.6 Å². The van der Waals surface area contributed by atoms with Gasteiger partial charge in [0.05, 0.1) is 6.54 Å². The van der Waals surface area contributed by atoms with Gasteiger partial charge in [0.2, 0.25) is 5.91 Å². The molecule has 1 amide bonds. The average molecular weight is 263 g/mol. The maximum atomic E-state index is 12.1. The smallest absolute Gasteiger partial charge is 0.225 e. The summed E-state index contributed by atoms with van der Waals surface area (Å²) in [4.78, 5) is 13.9. The maximum absolute atomic E-state index is 12.1.